The zero-order valence-corrected chi connectivity index (χ0v) is 12.1. The van der Waals surface area contributed by atoms with E-state index in [1.165, 1.54) is 6.07 Å². The van der Waals surface area contributed by atoms with Crippen molar-refractivity contribution >= 4 is 22.6 Å². The van der Waals surface area contributed by atoms with Gasteiger partial charge in [-0.1, -0.05) is 13.8 Å². The second kappa shape index (κ2) is 5.64. The van der Waals surface area contributed by atoms with Gasteiger partial charge < -0.3 is 4.57 Å². The predicted octanol–water partition coefficient (Wildman–Crippen LogP) is 4.49. The fraction of sp³-hybridized carbons (Fsp3) is 0.500. The Bertz CT molecular complexity index is 602. The van der Waals surface area contributed by atoms with Gasteiger partial charge in [-0.2, -0.15) is 13.2 Å². The highest BCUT2D eigenvalue weighted by molar-refractivity contribution is 6.17. The monoisotopic (exact) mass is 304 g/mol. The number of alkyl halides is 4. The number of nitrogens with zero attached hydrogens (tertiary/aromatic N) is 2. The number of halogens is 4. The highest BCUT2D eigenvalue weighted by Gasteiger charge is 2.31. The molecule has 0 atom stereocenters. The third kappa shape index (κ3) is 3.08. The molecular formula is C14H16ClF3N2. The van der Waals surface area contributed by atoms with E-state index in [4.69, 9.17) is 11.6 Å². The van der Waals surface area contributed by atoms with Crippen LogP contribution < -0.4 is 0 Å². The van der Waals surface area contributed by atoms with E-state index >= 15 is 0 Å². The molecule has 2 nitrogen and oxygen atoms in total. The molecule has 1 aromatic heterocycles. The van der Waals surface area contributed by atoms with Crippen molar-refractivity contribution in [3.63, 3.8) is 0 Å². The van der Waals surface area contributed by atoms with Gasteiger partial charge in [0, 0.05) is 18.8 Å². The Hall–Kier alpha value is -1.23. The SMILES string of the molecule is CC(C)Cn1c(CCCl)nc2cc(C(F)(F)F)ccc21. The minimum atomic E-state index is -4.34. The zero-order valence-electron chi connectivity index (χ0n) is 11.3. The van der Waals surface area contributed by atoms with Crippen LogP contribution in [0.3, 0.4) is 0 Å². The summed E-state index contributed by atoms with van der Waals surface area (Å²) < 4.78 is 40.1. The average Bonchev–Trinajstić information content (AvgIpc) is 2.65. The molecule has 0 aliphatic carbocycles. The molecule has 0 radical (unpaired) electrons. The smallest absolute Gasteiger partial charge is 0.328 e. The molecule has 0 aliphatic rings. The van der Waals surface area contributed by atoms with Gasteiger partial charge >= 0.3 is 6.18 Å². The molecule has 0 fully saturated rings. The van der Waals surface area contributed by atoms with E-state index in [-0.39, 0.29) is 0 Å². The van der Waals surface area contributed by atoms with Crippen LogP contribution in [0.2, 0.25) is 0 Å². The Morgan fingerprint density at radius 2 is 2.00 bits per heavy atom. The summed E-state index contributed by atoms with van der Waals surface area (Å²) in [5, 5.41) is 0. The molecule has 2 aromatic rings. The largest absolute Gasteiger partial charge is 0.416 e. The Kier molecular flexibility index (Phi) is 4.28. The van der Waals surface area contributed by atoms with Crippen LogP contribution in [0.1, 0.15) is 25.2 Å². The number of imidazole rings is 1. The second-order valence-electron chi connectivity index (χ2n) is 5.17. The molecule has 0 N–H and O–H groups in total. The third-order valence-electron chi connectivity index (χ3n) is 3.02. The summed E-state index contributed by atoms with van der Waals surface area (Å²) in [5.41, 5.74) is 0.434. The van der Waals surface area contributed by atoms with Crippen LogP contribution in [0.25, 0.3) is 11.0 Å². The molecule has 1 aromatic carbocycles. The number of fused-ring (bicyclic) bond motifs is 1. The highest BCUT2D eigenvalue weighted by Crippen LogP contribution is 2.31. The van der Waals surface area contributed by atoms with Gasteiger partial charge in [0.2, 0.25) is 0 Å². The Labute approximate surface area is 120 Å². The number of benzene rings is 1. The standard InChI is InChI=1S/C14H16ClF3N2/c1-9(2)8-20-12-4-3-10(14(16,17)18)7-11(12)19-13(20)5-6-15/h3-4,7,9H,5-6,8H2,1-2H3. The molecule has 110 valence electrons. The maximum atomic E-state index is 12.7. The molecular weight excluding hydrogens is 289 g/mol. The molecule has 0 saturated heterocycles. The van der Waals surface area contributed by atoms with E-state index in [9.17, 15) is 13.2 Å². The molecule has 0 bridgehead atoms. The molecule has 0 unspecified atom stereocenters. The maximum Gasteiger partial charge on any atom is 0.416 e. The summed E-state index contributed by atoms with van der Waals surface area (Å²) in [6, 6.07) is 3.69. The molecule has 0 amide bonds. The molecule has 0 aliphatic heterocycles. The molecule has 20 heavy (non-hydrogen) atoms. The lowest BCUT2D eigenvalue weighted by atomic mass is 10.2. The van der Waals surface area contributed by atoms with Crippen LogP contribution in [0.4, 0.5) is 13.2 Å². The van der Waals surface area contributed by atoms with Gasteiger partial charge in [0.15, 0.2) is 0 Å². The van der Waals surface area contributed by atoms with Crippen molar-refractivity contribution in [2.75, 3.05) is 5.88 Å². The summed E-state index contributed by atoms with van der Waals surface area (Å²) in [6.07, 6.45) is -3.80. The molecule has 0 spiro atoms. The first-order valence-electron chi connectivity index (χ1n) is 6.45. The summed E-state index contributed by atoms with van der Waals surface area (Å²) in [4.78, 5) is 4.31. The highest BCUT2D eigenvalue weighted by atomic mass is 35.5. The Balaban J connectivity index is 2.55. The molecule has 1 heterocycles. The molecule has 0 saturated carbocycles. The number of aryl methyl sites for hydroxylation is 1. The van der Waals surface area contributed by atoms with Crippen LogP contribution >= 0.6 is 11.6 Å². The van der Waals surface area contributed by atoms with E-state index < -0.39 is 11.7 Å². The van der Waals surface area contributed by atoms with E-state index in [0.717, 1.165) is 23.5 Å². The molecule has 2 rings (SSSR count). The van der Waals surface area contributed by atoms with Crippen molar-refractivity contribution in [1.29, 1.82) is 0 Å². The summed E-state index contributed by atoms with van der Waals surface area (Å²) in [7, 11) is 0. The van der Waals surface area contributed by atoms with Crippen molar-refractivity contribution in [3.8, 4) is 0 Å². The minimum absolute atomic E-state index is 0.376. The maximum absolute atomic E-state index is 12.7. The fourth-order valence-corrected chi connectivity index (χ4v) is 2.37. The van der Waals surface area contributed by atoms with Gasteiger partial charge in [0.1, 0.15) is 5.82 Å². The quantitative estimate of drug-likeness (QED) is 0.761. The van der Waals surface area contributed by atoms with Crippen LogP contribution in [0.15, 0.2) is 18.2 Å². The molecule has 6 heteroatoms. The number of hydrogen-bond acceptors (Lipinski definition) is 1. The fourth-order valence-electron chi connectivity index (χ4n) is 2.20. The predicted molar refractivity (Wildman–Crippen MR) is 74.0 cm³/mol. The van der Waals surface area contributed by atoms with Crippen LogP contribution in [-0.4, -0.2) is 15.4 Å². The normalized spacial score (nSPS) is 12.6. The minimum Gasteiger partial charge on any atom is -0.328 e. The van der Waals surface area contributed by atoms with Crippen molar-refractivity contribution < 1.29 is 13.2 Å². The average molecular weight is 305 g/mol. The zero-order chi connectivity index (χ0) is 14.9. The summed E-state index contributed by atoms with van der Waals surface area (Å²) in [6.45, 7) is 4.83. The lowest BCUT2D eigenvalue weighted by Crippen LogP contribution is -2.09. The van der Waals surface area contributed by atoms with Crippen molar-refractivity contribution in [2.24, 2.45) is 5.92 Å². The van der Waals surface area contributed by atoms with Crippen LogP contribution in [0, 0.1) is 5.92 Å². The van der Waals surface area contributed by atoms with Crippen molar-refractivity contribution in [2.45, 2.75) is 33.0 Å². The topological polar surface area (TPSA) is 17.8 Å². The van der Waals surface area contributed by atoms with Crippen molar-refractivity contribution in [1.82, 2.24) is 9.55 Å². The number of hydrogen-bond donors (Lipinski definition) is 0. The Morgan fingerprint density at radius 3 is 2.55 bits per heavy atom. The van der Waals surface area contributed by atoms with E-state index in [1.54, 1.807) is 0 Å². The van der Waals surface area contributed by atoms with Gasteiger partial charge in [0.25, 0.3) is 0 Å². The summed E-state index contributed by atoms with van der Waals surface area (Å²) >= 11 is 5.74. The van der Waals surface area contributed by atoms with Crippen molar-refractivity contribution in [3.05, 3.63) is 29.6 Å². The van der Waals surface area contributed by atoms with E-state index in [0.29, 0.717) is 30.3 Å². The van der Waals surface area contributed by atoms with Crippen LogP contribution in [-0.2, 0) is 19.1 Å². The van der Waals surface area contributed by atoms with Crippen LogP contribution in [0.5, 0.6) is 0 Å². The third-order valence-corrected chi connectivity index (χ3v) is 3.21. The Morgan fingerprint density at radius 1 is 1.30 bits per heavy atom. The van der Waals surface area contributed by atoms with Gasteiger partial charge in [-0.25, -0.2) is 4.98 Å². The van der Waals surface area contributed by atoms with Gasteiger partial charge in [0.05, 0.1) is 16.6 Å². The van der Waals surface area contributed by atoms with Gasteiger partial charge in [-0.05, 0) is 24.1 Å². The van der Waals surface area contributed by atoms with E-state index in [1.807, 2.05) is 4.57 Å². The second-order valence-corrected chi connectivity index (χ2v) is 5.55. The first kappa shape index (κ1) is 15.2. The lowest BCUT2D eigenvalue weighted by Gasteiger charge is -2.11. The van der Waals surface area contributed by atoms with E-state index in [2.05, 4.69) is 18.8 Å². The lowest BCUT2D eigenvalue weighted by molar-refractivity contribution is -0.137. The summed E-state index contributed by atoms with van der Waals surface area (Å²) in [5.74, 6) is 1.51. The number of aromatic nitrogens is 2. The van der Waals surface area contributed by atoms with Gasteiger partial charge in [-0.3, -0.25) is 0 Å². The van der Waals surface area contributed by atoms with Gasteiger partial charge in [-0.15, -0.1) is 11.6 Å². The first-order chi connectivity index (χ1) is 9.32. The first-order valence-corrected chi connectivity index (χ1v) is 6.98. The number of rotatable bonds is 4.